The molecule has 0 aromatic heterocycles. The average Bonchev–Trinajstić information content (AvgIpc) is 3.16. The molecule has 1 saturated heterocycles. The molecular weight excluding hydrogens is 351 g/mol. The van der Waals surface area contributed by atoms with Gasteiger partial charge in [0.2, 0.25) is 0 Å². The molecule has 2 N–H and O–H groups in total. The number of carboxylic acids is 1. The molecule has 1 aromatic carbocycles. The number of urea groups is 1. The van der Waals surface area contributed by atoms with Gasteiger partial charge in [0.05, 0.1) is 12.5 Å². The van der Waals surface area contributed by atoms with Crippen LogP contribution in [-0.4, -0.2) is 48.2 Å². The second-order valence-electron chi connectivity index (χ2n) is 8.14. The number of halogens is 1. The molecule has 2 aliphatic carbocycles. The summed E-state index contributed by atoms with van der Waals surface area (Å²) in [4.78, 5) is 26.0. The lowest BCUT2D eigenvalue weighted by Crippen LogP contribution is -2.49. The maximum atomic E-state index is 13.8. The van der Waals surface area contributed by atoms with Gasteiger partial charge in [-0.15, -0.1) is 0 Å². The number of amides is 2. The molecule has 27 heavy (non-hydrogen) atoms. The lowest BCUT2D eigenvalue weighted by atomic mass is 9.76. The minimum atomic E-state index is -0.773. The molecule has 3 fully saturated rings. The molecule has 0 radical (unpaired) electrons. The van der Waals surface area contributed by atoms with Crippen LogP contribution in [0.2, 0.25) is 0 Å². The SMILES string of the molecule is COc1ccc(C2CC(NC(=O)N3C[C@@H]4CCC[C@@]4(C(=O)O)C3)C2)cc1F. The lowest BCUT2D eigenvalue weighted by molar-refractivity contribution is -0.149. The van der Waals surface area contributed by atoms with Crippen LogP contribution >= 0.6 is 0 Å². The summed E-state index contributed by atoms with van der Waals surface area (Å²) in [5, 5.41) is 12.7. The first kappa shape index (κ1) is 18.1. The zero-order valence-electron chi connectivity index (χ0n) is 15.4. The number of carboxylic acid groups (broad SMARTS) is 1. The lowest BCUT2D eigenvalue weighted by Gasteiger charge is -2.37. The van der Waals surface area contributed by atoms with E-state index in [9.17, 15) is 19.1 Å². The Kier molecular flexibility index (Phi) is 4.48. The third-order valence-electron chi connectivity index (χ3n) is 6.70. The Morgan fingerprint density at radius 1 is 1.37 bits per heavy atom. The highest BCUT2D eigenvalue weighted by atomic mass is 19.1. The van der Waals surface area contributed by atoms with E-state index in [4.69, 9.17) is 4.74 Å². The first-order valence-corrected chi connectivity index (χ1v) is 9.55. The molecule has 0 bridgehead atoms. The number of rotatable bonds is 4. The van der Waals surface area contributed by atoms with Crippen molar-refractivity contribution >= 4 is 12.0 Å². The van der Waals surface area contributed by atoms with Crippen molar-refractivity contribution < 1.29 is 23.8 Å². The summed E-state index contributed by atoms with van der Waals surface area (Å²) in [7, 11) is 1.44. The maximum absolute atomic E-state index is 13.8. The minimum absolute atomic E-state index is 0.0499. The van der Waals surface area contributed by atoms with Crippen LogP contribution in [0.1, 0.15) is 43.6 Å². The van der Waals surface area contributed by atoms with Gasteiger partial charge in [-0.05, 0) is 55.2 Å². The summed E-state index contributed by atoms with van der Waals surface area (Å²) >= 11 is 0. The van der Waals surface area contributed by atoms with Gasteiger partial charge in [-0.25, -0.2) is 9.18 Å². The Morgan fingerprint density at radius 3 is 2.78 bits per heavy atom. The first-order chi connectivity index (χ1) is 12.9. The van der Waals surface area contributed by atoms with E-state index >= 15 is 0 Å². The van der Waals surface area contributed by atoms with E-state index in [1.54, 1.807) is 11.0 Å². The second kappa shape index (κ2) is 6.69. The topological polar surface area (TPSA) is 78.9 Å². The minimum Gasteiger partial charge on any atom is -0.494 e. The number of hydrogen-bond acceptors (Lipinski definition) is 3. The van der Waals surface area contributed by atoms with Crippen LogP contribution in [0, 0.1) is 17.2 Å². The van der Waals surface area contributed by atoms with Gasteiger partial charge in [0.25, 0.3) is 0 Å². The molecule has 1 aliphatic heterocycles. The number of likely N-dealkylation sites (tertiary alicyclic amines) is 1. The van der Waals surface area contributed by atoms with E-state index in [1.165, 1.54) is 13.2 Å². The van der Waals surface area contributed by atoms with Crippen molar-refractivity contribution in [2.45, 2.75) is 44.1 Å². The van der Waals surface area contributed by atoms with Crippen LogP contribution in [-0.2, 0) is 4.79 Å². The van der Waals surface area contributed by atoms with Gasteiger partial charge in [-0.1, -0.05) is 12.5 Å². The van der Waals surface area contributed by atoms with Crippen LogP contribution in [0.15, 0.2) is 18.2 Å². The van der Waals surface area contributed by atoms with Gasteiger partial charge in [0.1, 0.15) is 0 Å². The average molecular weight is 376 g/mol. The quantitative estimate of drug-likeness (QED) is 0.847. The van der Waals surface area contributed by atoms with E-state index in [0.717, 1.165) is 31.2 Å². The molecule has 3 aliphatic rings. The van der Waals surface area contributed by atoms with E-state index in [-0.39, 0.29) is 35.5 Å². The highest BCUT2D eigenvalue weighted by molar-refractivity contribution is 5.80. The van der Waals surface area contributed by atoms with Gasteiger partial charge in [-0.3, -0.25) is 4.79 Å². The number of methoxy groups -OCH3 is 1. The fourth-order valence-electron chi connectivity index (χ4n) is 5.00. The number of nitrogens with one attached hydrogen (secondary N) is 1. The molecule has 6 nitrogen and oxygen atoms in total. The Morgan fingerprint density at radius 2 is 2.15 bits per heavy atom. The Bertz CT molecular complexity index is 764. The first-order valence-electron chi connectivity index (χ1n) is 9.55. The second-order valence-corrected chi connectivity index (χ2v) is 8.14. The highest BCUT2D eigenvalue weighted by Gasteiger charge is 2.56. The third kappa shape index (κ3) is 3.03. The summed E-state index contributed by atoms with van der Waals surface area (Å²) in [6, 6.07) is 4.87. The number of carbonyl (C=O) groups excluding carboxylic acids is 1. The van der Waals surface area contributed by atoms with Crippen LogP contribution in [0.3, 0.4) is 0 Å². The fourth-order valence-corrected chi connectivity index (χ4v) is 5.00. The molecule has 2 saturated carbocycles. The third-order valence-corrected chi connectivity index (χ3v) is 6.70. The van der Waals surface area contributed by atoms with Crippen molar-refractivity contribution in [1.29, 1.82) is 0 Å². The Balaban J connectivity index is 1.31. The largest absolute Gasteiger partial charge is 0.494 e. The number of nitrogens with zero attached hydrogens (tertiary/aromatic N) is 1. The molecule has 146 valence electrons. The fraction of sp³-hybridized carbons (Fsp3) is 0.600. The molecule has 0 unspecified atom stereocenters. The van der Waals surface area contributed by atoms with Gasteiger partial charge < -0.3 is 20.1 Å². The van der Waals surface area contributed by atoms with Crippen molar-refractivity contribution in [1.82, 2.24) is 10.2 Å². The number of aliphatic carboxylic acids is 1. The maximum Gasteiger partial charge on any atom is 0.317 e. The predicted octanol–water partition coefficient (Wildman–Crippen LogP) is 2.98. The predicted molar refractivity (Wildman–Crippen MR) is 96.2 cm³/mol. The summed E-state index contributed by atoms with van der Waals surface area (Å²) in [6.07, 6.45) is 3.99. The molecular formula is C20H25FN2O4. The van der Waals surface area contributed by atoms with Crippen molar-refractivity contribution in [2.24, 2.45) is 11.3 Å². The summed E-state index contributed by atoms with van der Waals surface area (Å²) in [5.74, 6) is -0.623. The van der Waals surface area contributed by atoms with E-state index in [2.05, 4.69) is 5.32 Å². The number of ether oxygens (including phenoxy) is 1. The molecule has 2 amide bonds. The monoisotopic (exact) mass is 376 g/mol. The van der Waals surface area contributed by atoms with Crippen molar-refractivity contribution in [3.05, 3.63) is 29.6 Å². The molecule has 0 spiro atoms. The zero-order chi connectivity index (χ0) is 19.2. The summed E-state index contributed by atoms with van der Waals surface area (Å²) < 4.78 is 18.8. The highest BCUT2D eigenvalue weighted by Crippen LogP contribution is 2.49. The van der Waals surface area contributed by atoms with E-state index < -0.39 is 11.4 Å². The van der Waals surface area contributed by atoms with Crippen LogP contribution < -0.4 is 10.1 Å². The van der Waals surface area contributed by atoms with Crippen LogP contribution in [0.5, 0.6) is 5.75 Å². The van der Waals surface area contributed by atoms with Crippen molar-refractivity contribution in [2.75, 3.05) is 20.2 Å². The summed E-state index contributed by atoms with van der Waals surface area (Å²) in [6.45, 7) is 0.830. The number of hydrogen-bond donors (Lipinski definition) is 2. The normalized spacial score (nSPS) is 31.9. The zero-order valence-corrected chi connectivity index (χ0v) is 15.4. The van der Waals surface area contributed by atoms with Crippen molar-refractivity contribution in [3.8, 4) is 5.75 Å². The molecule has 4 rings (SSSR count). The molecule has 2 atom stereocenters. The number of benzene rings is 1. The summed E-state index contributed by atoms with van der Waals surface area (Å²) in [5.41, 5.74) is 0.166. The van der Waals surface area contributed by atoms with Crippen LogP contribution in [0.4, 0.5) is 9.18 Å². The van der Waals surface area contributed by atoms with E-state index in [0.29, 0.717) is 19.5 Å². The molecule has 1 heterocycles. The van der Waals surface area contributed by atoms with Gasteiger partial charge in [0, 0.05) is 19.1 Å². The van der Waals surface area contributed by atoms with Gasteiger partial charge in [-0.2, -0.15) is 0 Å². The number of fused-ring (bicyclic) bond motifs is 1. The van der Waals surface area contributed by atoms with E-state index in [1.807, 2.05) is 6.07 Å². The van der Waals surface area contributed by atoms with Gasteiger partial charge >= 0.3 is 12.0 Å². The van der Waals surface area contributed by atoms with Crippen molar-refractivity contribution in [3.63, 3.8) is 0 Å². The smallest absolute Gasteiger partial charge is 0.317 e. The Labute approximate surface area is 157 Å². The molecule has 7 heteroatoms. The standard InChI is InChI=1S/C20H25FN2O4/c1-27-17-5-4-12(9-16(17)21)13-7-15(8-13)22-19(26)23-10-14-3-2-6-20(14,11-23)18(24)25/h4-5,9,13-15H,2-3,6-8,10-11H2,1H3,(H,22,26)(H,24,25)/t13?,14-,15?,20+/m0/s1. The van der Waals surface area contributed by atoms with Gasteiger partial charge in [0.15, 0.2) is 11.6 Å². The Hall–Kier alpha value is -2.31. The number of carbonyl (C=O) groups is 2. The molecule has 1 aromatic rings. The van der Waals surface area contributed by atoms with Crippen LogP contribution in [0.25, 0.3) is 0 Å².